The predicted octanol–water partition coefficient (Wildman–Crippen LogP) is 0.742. The van der Waals surface area contributed by atoms with Gasteiger partial charge in [-0.25, -0.2) is 0 Å². The Labute approximate surface area is 111 Å². The molecule has 0 aliphatic heterocycles. The molecule has 1 rings (SSSR count). The molecule has 0 radical (unpaired) electrons. The van der Waals surface area contributed by atoms with Crippen molar-refractivity contribution in [2.45, 2.75) is 26.3 Å². The van der Waals surface area contributed by atoms with E-state index in [1.165, 1.54) is 18.2 Å². The van der Waals surface area contributed by atoms with Crippen LogP contribution in [0.3, 0.4) is 0 Å². The van der Waals surface area contributed by atoms with Gasteiger partial charge in [0.25, 0.3) is 5.91 Å². The summed E-state index contributed by atoms with van der Waals surface area (Å²) in [6, 6.07) is 3.73. The van der Waals surface area contributed by atoms with Gasteiger partial charge in [-0.15, -0.1) is 0 Å². The van der Waals surface area contributed by atoms with Crippen LogP contribution in [0.25, 0.3) is 0 Å². The van der Waals surface area contributed by atoms with Crippen molar-refractivity contribution in [3.05, 3.63) is 23.8 Å². The van der Waals surface area contributed by atoms with Gasteiger partial charge in [0.05, 0.1) is 5.56 Å². The first-order chi connectivity index (χ1) is 8.90. The highest BCUT2D eigenvalue weighted by Gasteiger charge is 2.12. The molecular formula is C13H18N2O4. The van der Waals surface area contributed by atoms with Gasteiger partial charge in [-0.2, -0.15) is 0 Å². The number of benzene rings is 1. The van der Waals surface area contributed by atoms with Crippen LogP contribution in [0.15, 0.2) is 18.2 Å². The van der Waals surface area contributed by atoms with E-state index in [4.69, 9.17) is 0 Å². The number of hydrogen-bond acceptors (Lipinski definition) is 4. The predicted molar refractivity (Wildman–Crippen MR) is 70.0 cm³/mol. The molecule has 4 N–H and O–H groups in total. The van der Waals surface area contributed by atoms with E-state index in [0.29, 0.717) is 0 Å². The molecule has 0 atom stereocenters. The number of nitrogens with one attached hydrogen (secondary N) is 2. The Morgan fingerprint density at radius 2 is 1.95 bits per heavy atom. The van der Waals surface area contributed by atoms with Crippen LogP contribution in [0.5, 0.6) is 11.5 Å². The van der Waals surface area contributed by atoms with Gasteiger partial charge in [0.2, 0.25) is 5.91 Å². The Morgan fingerprint density at radius 1 is 1.26 bits per heavy atom. The molecule has 0 aliphatic rings. The first kappa shape index (κ1) is 14.8. The second-order valence-corrected chi connectivity index (χ2v) is 4.43. The van der Waals surface area contributed by atoms with Crippen LogP contribution in [0.2, 0.25) is 0 Å². The fraction of sp³-hybridized carbons (Fsp3) is 0.385. The van der Waals surface area contributed by atoms with E-state index in [-0.39, 0.29) is 42.0 Å². The summed E-state index contributed by atoms with van der Waals surface area (Å²) < 4.78 is 0. The number of carbonyl (C=O) groups is 2. The molecule has 0 unspecified atom stereocenters. The van der Waals surface area contributed by atoms with Crippen LogP contribution in [0.4, 0.5) is 0 Å². The lowest BCUT2D eigenvalue weighted by Gasteiger charge is -2.09. The third-order valence-corrected chi connectivity index (χ3v) is 2.31. The van der Waals surface area contributed by atoms with Crippen molar-refractivity contribution < 1.29 is 19.8 Å². The van der Waals surface area contributed by atoms with Gasteiger partial charge in [0.15, 0.2) is 0 Å². The van der Waals surface area contributed by atoms with Crippen LogP contribution < -0.4 is 10.6 Å². The third-order valence-electron chi connectivity index (χ3n) is 2.31. The Balaban J connectivity index is 2.48. The summed E-state index contributed by atoms with van der Waals surface area (Å²) >= 11 is 0. The molecule has 1 aromatic rings. The van der Waals surface area contributed by atoms with Crippen LogP contribution in [-0.2, 0) is 4.79 Å². The SMILES string of the molecule is CC(C)NC(=O)CCNC(=O)c1cc(O)ccc1O. The van der Waals surface area contributed by atoms with E-state index in [2.05, 4.69) is 10.6 Å². The monoisotopic (exact) mass is 266 g/mol. The number of rotatable bonds is 5. The fourth-order valence-electron chi connectivity index (χ4n) is 1.48. The zero-order valence-corrected chi connectivity index (χ0v) is 10.9. The number of carbonyl (C=O) groups excluding carboxylic acids is 2. The molecule has 0 bridgehead atoms. The summed E-state index contributed by atoms with van der Waals surface area (Å²) in [5.41, 5.74) is -0.0238. The van der Waals surface area contributed by atoms with E-state index in [9.17, 15) is 19.8 Å². The maximum atomic E-state index is 11.7. The highest BCUT2D eigenvalue weighted by Crippen LogP contribution is 2.21. The van der Waals surface area contributed by atoms with E-state index in [1.54, 1.807) is 0 Å². The topological polar surface area (TPSA) is 98.7 Å². The van der Waals surface area contributed by atoms with Crippen LogP contribution in [0, 0.1) is 0 Å². The Bertz CT molecular complexity index is 472. The quantitative estimate of drug-likeness (QED) is 0.591. The Morgan fingerprint density at radius 3 is 2.58 bits per heavy atom. The van der Waals surface area contributed by atoms with Crippen LogP contribution in [0.1, 0.15) is 30.6 Å². The number of phenolic OH excluding ortho intramolecular Hbond substituents is 2. The molecule has 19 heavy (non-hydrogen) atoms. The van der Waals surface area contributed by atoms with Crippen molar-refractivity contribution in [3.8, 4) is 11.5 Å². The van der Waals surface area contributed by atoms with Crippen molar-refractivity contribution >= 4 is 11.8 Å². The summed E-state index contributed by atoms with van der Waals surface area (Å²) in [7, 11) is 0. The lowest BCUT2D eigenvalue weighted by molar-refractivity contribution is -0.121. The molecular weight excluding hydrogens is 248 g/mol. The van der Waals surface area contributed by atoms with Gasteiger partial charge in [0, 0.05) is 19.0 Å². The number of phenols is 2. The number of amides is 2. The molecule has 2 amide bonds. The van der Waals surface area contributed by atoms with Gasteiger partial charge < -0.3 is 20.8 Å². The molecule has 0 aliphatic carbocycles. The molecule has 104 valence electrons. The molecule has 0 fully saturated rings. The standard InChI is InChI=1S/C13H18N2O4/c1-8(2)15-12(18)5-6-14-13(19)10-7-9(16)3-4-11(10)17/h3-4,7-8,16-17H,5-6H2,1-2H3,(H,14,19)(H,15,18). The highest BCUT2D eigenvalue weighted by molar-refractivity contribution is 5.97. The number of aromatic hydroxyl groups is 2. The van der Waals surface area contributed by atoms with Crippen LogP contribution >= 0.6 is 0 Å². The van der Waals surface area contributed by atoms with Gasteiger partial charge in [-0.05, 0) is 32.0 Å². The molecule has 0 aromatic heterocycles. The summed E-state index contributed by atoms with van der Waals surface area (Å²) in [6.45, 7) is 3.86. The minimum absolute atomic E-state index is 0.0238. The molecule has 0 saturated heterocycles. The average Bonchev–Trinajstić information content (AvgIpc) is 2.31. The average molecular weight is 266 g/mol. The Kier molecular flexibility index (Phi) is 5.17. The molecule has 0 spiro atoms. The summed E-state index contributed by atoms with van der Waals surface area (Å²) in [5.74, 6) is -1.02. The lowest BCUT2D eigenvalue weighted by atomic mass is 10.1. The summed E-state index contributed by atoms with van der Waals surface area (Å²) in [4.78, 5) is 23.0. The molecule has 0 saturated carbocycles. The van der Waals surface area contributed by atoms with E-state index in [1.807, 2.05) is 13.8 Å². The second kappa shape index (κ2) is 6.63. The van der Waals surface area contributed by atoms with Crippen molar-refractivity contribution in [1.29, 1.82) is 0 Å². The normalized spacial score (nSPS) is 10.3. The molecule has 1 aromatic carbocycles. The van der Waals surface area contributed by atoms with Crippen molar-refractivity contribution in [2.75, 3.05) is 6.54 Å². The third kappa shape index (κ3) is 4.87. The minimum atomic E-state index is -0.536. The molecule has 6 heteroatoms. The summed E-state index contributed by atoms with van der Waals surface area (Å²) in [6.07, 6.45) is 0.156. The first-order valence-electron chi connectivity index (χ1n) is 5.99. The van der Waals surface area contributed by atoms with Crippen molar-refractivity contribution in [1.82, 2.24) is 10.6 Å². The van der Waals surface area contributed by atoms with Gasteiger partial charge in [0.1, 0.15) is 11.5 Å². The zero-order chi connectivity index (χ0) is 14.4. The first-order valence-corrected chi connectivity index (χ1v) is 5.99. The fourth-order valence-corrected chi connectivity index (χ4v) is 1.48. The maximum Gasteiger partial charge on any atom is 0.255 e. The Hall–Kier alpha value is -2.24. The zero-order valence-electron chi connectivity index (χ0n) is 10.9. The molecule has 0 heterocycles. The number of hydrogen-bond donors (Lipinski definition) is 4. The summed E-state index contributed by atoms with van der Waals surface area (Å²) in [5, 5.41) is 23.9. The highest BCUT2D eigenvalue weighted by atomic mass is 16.3. The van der Waals surface area contributed by atoms with E-state index in [0.717, 1.165) is 0 Å². The van der Waals surface area contributed by atoms with Crippen LogP contribution in [-0.4, -0.2) is 34.6 Å². The van der Waals surface area contributed by atoms with E-state index < -0.39 is 5.91 Å². The molecule has 6 nitrogen and oxygen atoms in total. The smallest absolute Gasteiger partial charge is 0.255 e. The lowest BCUT2D eigenvalue weighted by Crippen LogP contribution is -2.34. The van der Waals surface area contributed by atoms with Gasteiger partial charge in [-0.1, -0.05) is 0 Å². The van der Waals surface area contributed by atoms with E-state index >= 15 is 0 Å². The van der Waals surface area contributed by atoms with Gasteiger partial charge >= 0.3 is 0 Å². The van der Waals surface area contributed by atoms with Crippen molar-refractivity contribution in [3.63, 3.8) is 0 Å². The minimum Gasteiger partial charge on any atom is -0.508 e. The largest absolute Gasteiger partial charge is 0.508 e. The van der Waals surface area contributed by atoms with Gasteiger partial charge in [-0.3, -0.25) is 9.59 Å². The second-order valence-electron chi connectivity index (χ2n) is 4.43. The maximum absolute atomic E-state index is 11.7. The van der Waals surface area contributed by atoms with Crippen molar-refractivity contribution in [2.24, 2.45) is 0 Å².